The van der Waals surface area contributed by atoms with E-state index in [2.05, 4.69) is 24.6 Å². The lowest BCUT2D eigenvalue weighted by molar-refractivity contribution is 0.408. The molecule has 0 saturated heterocycles. The summed E-state index contributed by atoms with van der Waals surface area (Å²) >= 11 is 1.35. The molecule has 2 aromatic heterocycles. The van der Waals surface area contributed by atoms with Gasteiger partial charge in [-0.1, -0.05) is 9.64 Å². The third-order valence-electron chi connectivity index (χ3n) is 1.51. The molecule has 0 atom stereocenters. The lowest BCUT2D eigenvalue weighted by Gasteiger charge is -1.96. The Labute approximate surface area is 78.9 Å². The molecular weight excluding hydrogens is 188 g/mol. The van der Waals surface area contributed by atoms with Crippen LogP contribution in [0.2, 0.25) is 0 Å². The van der Waals surface area contributed by atoms with Crippen molar-refractivity contribution in [3.8, 4) is 0 Å². The zero-order valence-corrected chi connectivity index (χ0v) is 7.62. The number of hydrogen-bond donors (Lipinski definition) is 1. The molecule has 0 aliphatic carbocycles. The van der Waals surface area contributed by atoms with E-state index in [1.54, 1.807) is 6.26 Å². The van der Waals surface area contributed by atoms with Crippen LogP contribution in [0.4, 0.5) is 0 Å². The Hall–Kier alpha value is -1.27. The Bertz CT molecular complexity index is 297. The van der Waals surface area contributed by atoms with Gasteiger partial charge in [-0.25, -0.2) is 0 Å². The Morgan fingerprint density at radius 2 is 2.31 bits per heavy atom. The predicted molar refractivity (Wildman–Crippen MR) is 47.0 cm³/mol. The number of hydrogen-bond acceptors (Lipinski definition) is 6. The summed E-state index contributed by atoms with van der Waals surface area (Å²) in [5.41, 5.74) is 1.84. The second-order valence-electron chi connectivity index (χ2n) is 2.49. The molecule has 2 aromatic rings. The molecule has 0 aliphatic rings. The Balaban J connectivity index is 1.76. The molecule has 0 saturated carbocycles. The monoisotopic (exact) mass is 196 g/mol. The SMILES string of the molecule is c1cc(CNCc2csnn2)no1. The van der Waals surface area contributed by atoms with Crippen molar-refractivity contribution in [1.82, 2.24) is 20.1 Å². The van der Waals surface area contributed by atoms with Gasteiger partial charge >= 0.3 is 0 Å². The first kappa shape index (κ1) is 8.33. The zero-order chi connectivity index (χ0) is 8.93. The zero-order valence-electron chi connectivity index (χ0n) is 6.80. The fraction of sp³-hybridized carbons (Fsp3) is 0.286. The summed E-state index contributed by atoms with van der Waals surface area (Å²) < 4.78 is 8.44. The van der Waals surface area contributed by atoms with Gasteiger partial charge in [0.2, 0.25) is 0 Å². The van der Waals surface area contributed by atoms with Crippen molar-refractivity contribution in [2.75, 3.05) is 0 Å². The van der Waals surface area contributed by atoms with Crippen molar-refractivity contribution in [3.63, 3.8) is 0 Å². The molecular formula is C7H8N4OS. The summed E-state index contributed by atoms with van der Waals surface area (Å²) in [5, 5.41) is 12.7. The minimum Gasteiger partial charge on any atom is -0.364 e. The third-order valence-corrected chi connectivity index (χ3v) is 2.06. The smallest absolute Gasteiger partial charge is 0.124 e. The Kier molecular flexibility index (Phi) is 2.63. The van der Waals surface area contributed by atoms with Gasteiger partial charge in [0.25, 0.3) is 0 Å². The maximum Gasteiger partial charge on any atom is 0.124 e. The number of rotatable bonds is 4. The summed E-state index contributed by atoms with van der Waals surface area (Å²) in [7, 11) is 0. The van der Waals surface area contributed by atoms with E-state index in [9.17, 15) is 0 Å². The van der Waals surface area contributed by atoms with Crippen molar-refractivity contribution in [3.05, 3.63) is 29.1 Å². The van der Waals surface area contributed by atoms with Crippen LogP contribution in [-0.4, -0.2) is 14.7 Å². The first-order chi connectivity index (χ1) is 6.45. The van der Waals surface area contributed by atoms with Gasteiger partial charge in [0, 0.05) is 24.5 Å². The molecule has 0 unspecified atom stereocenters. The van der Waals surface area contributed by atoms with Gasteiger partial charge < -0.3 is 9.84 Å². The molecule has 0 radical (unpaired) electrons. The van der Waals surface area contributed by atoms with Crippen molar-refractivity contribution in [1.29, 1.82) is 0 Å². The maximum absolute atomic E-state index is 4.69. The highest BCUT2D eigenvalue weighted by molar-refractivity contribution is 7.03. The summed E-state index contributed by atoms with van der Waals surface area (Å²) in [4.78, 5) is 0. The van der Waals surface area contributed by atoms with Crippen molar-refractivity contribution in [2.45, 2.75) is 13.1 Å². The summed E-state index contributed by atoms with van der Waals surface area (Å²) in [5.74, 6) is 0. The van der Waals surface area contributed by atoms with E-state index in [1.165, 1.54) is 11.5 Å². The van der Waals surface area contributed by atoms with Crippen molar-refractivity contribution >= 4 is 11.5 Å². The second-order valence-corrected chi connectivity index (χ2v) is 3.10. The van der Waals surface area contributed by atoms with E-state index in [4.69, 9.17) is 0 Å². The Morgan fingerprint density at radius 1 is 1.38 bits per heavy atom. The van der Waals surface area contributed by atoms with Crippen molar-refractivity contribution < 1.29 is 4.52 Å². The fourth-order valence-corrected chi connectivity index (χ4v) is 1.36. The molecule has 1 N–H and O–H groups in total. The van der Waals surface area contributed by atoms with Gasteiger partial charge in [0.05, 0.1) is 11.4 Å². The first-order valence-electron chi connectivity index (χ1n) is 3.81. The molecule has 5 nitrogen and oxygen atoms in total. The molecule has 0 fully saturated rings. The number of nitrogens with zero attached hydrogens (tertiary/aromatic N) is 3. The van der Waals surface area contributed by atoms with Crippen LogP contribution in [0.5, 0.6) is 0 Å². The third kappa shape index (κ3) is 2.33. The van der Waals surface area contributed by atoms with E-state index >= 15 is 0 Å². The Morgan fingerprint density at radius 3 is 3.00 bits per heavy atom. The molecule has 0 bridgehead atoms. The number of nitrogens with one attached hydrogen (secondary N) is 1. The lowest BCUT2D eigenvalue weighted by Crippen LogP contribution is -2.13. The summed E-state index contributed by atoms with van der Waals surface area (Å²) in [6.45, 7) is 1.40. The van der Waals surface area contributed by atoms with Gasteiger partial charge in [-0.15, -0.1) is 5.10 Å². The minimum atomic E-state index is 0.689. The largest absolute Gasteiger partial charge is 0.364 e. The topological polar surface area (TPSA) is 63.8 Å². The van der Waals surface area contributed by atoms with Crippen LogP contribution in [0.1, 0.15) is 11.4 Å². The lowest BCUT2D eigenvalue weighted by atomic mass is 10.4. The van der Waals surface area contributed by atoms with Gasteiger partial charge in [0.1, 0.15) is 6.26 Å². The van der Waals surface area contributed by atoms with Gasteiger partial charge in [-0.3, -0.25) is 0 Å². The average Bonchev–Trinajstić information content (AvgIpc) is 2.75. The van der Waals surface area contributed by atoms with Crippen LogP contribution >= 0.6 is 11.5 Å². The van der Waals surface area contributed by atoms with E-state index < -0.39 is 0 Å². The molecule has 2 heterocycles. The number of aromatic nitrogens is 3. The van der Waals surface area contributed by atoms with Crippen molar-refractivity contribution in [2.24, 2.45) is 0 Å². The van der Waals surface area contributed by atoms with Crippen LogP contribution < -0.4 is 5.32 Å². The standard InChI is InChI=1S/C7H8N4OS/c1-2-12-10-6(1)3-8-4-7-5-13-11-9-7/h1-2,5,8H,3-4H2. The summed E-state index contributed by atoms with van der Waals surface area (Å²) in [6.07, 6.45) is 1.56. The fourth-order valence-electron chi connectivity index (χ4n) is 0.908. The quantitative estimate of drug-likeness (QED) is 0.784. The van der Waals surface area contributed by atoms with Crippen LogP contribution in [0.3, 0.4) is 0 Å². The molecule has 0 aromatic carbocycles. The molecule has 68 valence electrons. The van der Waals surface area contributed by atoms with Gasteiger partial charge in [-0.2, -0.15) is 0 Å². The van der Waals surface area contributed by atoms with Crippen LogP contribution in [0, 0.1) is 0 Å². The normalized spacial score (nSPS) is 10.5. The minimum absolute atomic E-state index is 0.689. The van der Waals surface area contributed by atoms with E-state index in [1.807, 2.05) is 11.4 Å². The van der Waals surface area contributed by atoms with E-state index in [0.717, 1.165) is 11.4 Å². The average molecular weight is 196 g/mol. The molecule has 6 heteroatoms. The highest BCUT2D eigenvalue weighted by Crippen LogP contribution is 1.97. The highest BCUT2D eigenvalue weighted by Gasteiger charge is 1.97. The van der Waals surface area contributed by atoms with E-state index in [-0.39, 0.29) is 0 Å². The van der Waals surface area contributed by atoms with Gasteiger partial charge in [-0.05, 0) is 11.5 Å². The van der Waals surface area contributed by atoms with Gasteiger partial charge in [0.15, 0.2) is 0 Å². The van der Waals surface area contributed by atoms with E-state index in [0.29, 0.717) is 13.1 Å². The second kappa shape index (κ2) is 4.11. The maximum atomic E-state index is 4.69. The molecule has 13 heavy (non-hydrogen) atoms. The molecule has 0 spiro atoms. The molecule has 0 amide bonds. The van der Waals surface area contributed by atoms with Crippen LogP contribution in [-0.2, 0) is 13.1 Å². The highest BCUT2D eigenvalue weighted by atomic mass is 32.1. The summed E-state index contributed by atoms with van der Waals surface area (Å²) in [6, 6.07) is 1.83. The predicted octanol–water partition coefficient (Wildman–Crippen LogP) is 0.816. The first-order valence-corrected chi connectivity index (χ1v) is 4.65. The van der Waals surface area contributed by atoms with Crippen LogP contribution in [0.25, 0.3) is 0 Å². The molecule has 0 aliphatic heterocycles. The van der Waals surface area contributed by atoms with Crippen LogP contribution in [0.15, 0.2) is 22.2 Å². The molecule has 2 rings (SSSR count).